The molecule has 2 N–H and O–H groups in total. The van der Waals surface area contributed by atoms with E-state index in [1.54, 1.807) is 0 Å². The summed E-state index contributed by atoms with van der Waals surface area (Å²) in [5.74, 6) is 0. The van der Waals surface area contributed by atoms with Gasteiger partial charge in [0, 0.05) is 23.1 Å². The monoisotopic (exact) mass is 353 g/mol. The van der Waals surface area contributed by atoms with Crippen LogP contribution in [0.1, 0.15) is 31.7 Å². The fourth-order valence-electron chi connectivity index (χ4n) is 3.34. The Balaban J connectivity index is 2.10. The lowest BCUT2D eigenvalue weighted by molar-refractivity contribution is 0.0992. The van der Waals surface area contributed by atoms with Crippen LogP contribution >= 0.6 is 15.9 Å². The summed E-state index contributed by atoms with van der Waals surface area (Å²) in [4.78, 5) is 5.02. The third-order valence-electron chi connectivity index (χ3n) is 5.01. The average molecular weight is 354 g/mol. The van der Waals surface area contributed by atoms with E-state index in [-0.39, 0.29) is 5.54 Å². The number of rotatable bonds is 5. The van der Waals surface area contributed by atoms with Gasteiger partial charge in [0.15, 0.2) is 0 Å². The number of nitrogens with zero attached hydrogens (tertiary/aromatic N) is 2. The molecule has 3 nitrogen and oxygen atoms in total. The van der Waals surface area contributed by atoms with Crippen molar-refractivity contribution in [3.8, 4) is 0 Å². The van der Waals surface area contributed by atoms with Crippen molar-refractivity contribution >= 4 is 15.9 Å². The first-order valence-corrected chi connectivity index (χ1v) is 8.77. The van der Waals surface area contributed by atoms with E-state index in [9.17, 15) is 0 Å². The normalized spacial score (nSPS) is 24.2. The molecule has 0 amide bonds. The molecule has 21 heavy (non-hydrogen) atoms. The van der Waals surface area contributed by atoms with Gasteiger partial charge in [-0.05, 0) is 57.6 Å². The maximum atomic E-state index is 6.22. The molecule has 1 aliphatic heterocycles. The molecule has 1 heterocycles. The maximum absolute atomic E-state index is 6.22. The summed E-state index contributed by atoms with van der Waals surface area (Å²) in [6.07, 6.45) is 3.60. The molecule has 1 saturated heterocycles. The molecule has 1 atom stereocenters. The number of likely N-dealkylation sites (N-methyl/N-ethyl adjacent to an activating group) is 1. The molecule has 1 aromatic carbocycles. The van der Waals surface area contributed by atoms with Gasteiger partial charge in [-0.25, -0.2) is 0 Å². The Labute approximate surface area is 137 Å². The highest BCUT2D eigenvalue weighted by Crippen LogP contribution is 2.29. The van der Waals surface area contributed by atoms with Crippen molar-refractivity contribution in [3.63, 3.8) is 0 Å². The summed E-state index contributed by atoms with van der Waals surface area (Å²) in [6, 6.07) is 8.48. The van der Waals surface area contributed by atoms with Crippen LogP contribution < -0.4 is 5.73 Å². The first kappa shape index (κ1) is 16.9. The fourth-order valence-corrected chi connectivity index (χ4v) is 3.75. The smallest absolute Gasteiger partial charge is 0.0344 e. The second-order valence-electron chi connectivity index (χ2n) is 6.16. The first-order chi connectivity index (χ1) is 10.1. The summed E-state index contributed by atoms with van der Waals surface area (Å²) < 4.78 is 1.19. The van der Waals surface area contributed by atoms with Gasteiger partial charge in [0.1, 0.15) is 0 Å². The molecule has 0 spiro atoms. The fraction of sp³-hybridized carbons (Fsp3) is 0.647. The van der Waals surface area contributed by atoms with Crippen LogP contribution in [-0.4, -0.2) is 48.6 Å². The summed E-state index contributed by atoms with van der Waals surface area (Å²) in [6.45, 7) is 7.46. The van der Waals surface area contributed by atoms with Gasteiger partial charge in [0.05, 0.1) is 0 Å². The quantitative estimate of drug-likeness (QED) is 0.882. The zero-order valence-corrected chi connectivity index (χ0v) is 14.9. The molecule has 1 fully saturated rings. The Bertz CT molecular complexity index is 451. The molecule has 4 heteroatoms. The van der Waals surface area contributed by atoms with Crippen molar-refractivity contribution in [1.29, 1.82) is 0 Å². The average Bonchev–Trinajstić information content (AvgIpc) is 2.72. The lowest BCUT2D eigenvalue weighted by Gasteiger charge is -2.41. The number of benzene rings is 1. The van der Waals surface area contributed by atoms with Crippen LogP contribution in [0.5, 0.6) is 0 Å². The number of likely N-dealkylation sites (tertiary alicyclic amines) is 1. The van der Waals surface area contributed by atoms with Gasteiger partial charge >= 0.3 is 0 Å². The molecule has 118 valence electrons. The molecule has 0 aromatic heterocycles. The van der Waals surface area contributed by atoms with Crippen LogP contribution in [0.3, 0.4) is 0 Å². The molecular formula is C17H28BrN3. The predicted molar refractivity (Wildman–Crippen MR) is 93.4 cm³/mol. The Morgan fingerprint density at radius 1 is 1.29 bits per heavy atom. The SMILES string of the molecule is CCN1CCCC(CN)(N(C)Cc2ccccc2Br)CC1. The molecule has 0 aliphatic carbocycles. The Morgan fingerprint density at radius 3 is 2.71 bits per heavy atom. The number of halogens is 1. The lowest BCUT2D eigenvalue weighted by Crippen LogP contribution is -2.52. The first-order valence-electron chi connectivity index (χ1n) is 7.98. The van der Waals surface area contributed by atoms with Gasteiger partial charge in [0.2, 0.25) is 0 Å². The highest BCUT2D eigenvalue weighted by Gasteiger charge is 2.35. The third-order valence-corrected chi connectivity index (χ3v) is 5.79. The highest BCUT2D eigenvalue weighted by molar-refractivity contribution is 9.10. The maximum Gasteiger partial charge on any atom is 0.0344 e. The minimum atomic E-state index is 0.138. The van der Waals surface area contributed by atoms with E-state index in [0.717, 1.165) is 32.6 Å². The van der Waals surface area contributed by atoms with Gasteiger partial charge < -0.3 is 10.6 Å². The molecule has 0 bridgehead atoms. The summed E-state index contributed by atoms with van der Waals surface area (Å²) >= 11 is 3.66. The Kier molecular flexibility index (Phi) is 6.23. The summed E-state index contributed by atoms with van der Waals surface area (Å²) in [5.41, 5.74) is 7.69. The standard InChI is InChI=1S/C17H28BrN3/c1-3-21-11-6-9-17(14-19,10-12-21)20(2)13-15-7-4-5-8-16(15)18/h4-5,7-8H,3,6,9-14,19H2,1-2H3. The van der Waals surface area contributed by atoms with Gasteiger partial charge in [-0.15, -0.1) is 0 Å². The molecule has 0 saturated carbocycles. The van der Waals surface area contributed by atoms with Crippen molar-refractivity contribution in [2.75, 3.05) is 33.2 Å². The van der Waals surface area contributed by atoms with Gasteiger partial charge in [0.25, 0.3) is 0 Å². The second-order valence-corrected chi connectivity index (χ2v) is 7.02. The summed E-state index contributed by atoms with van der Waals surface area (Å²) in [5, 5.41) is 0. The van der Waals surface area contributed by atoms with Crippen LogP contribution in [0.2, 0.25) is 0 Å². The Morgan fingerprint density at radius 2 is 2.05 bits per heavy atom. The third kappa shape index (κ3) is 4.07. The van der Waals surface area contributed by atoms with Crippen molar-refractivity contribution in [3.05, 3.63) is 34.3 Å². The highest BCUT2D eigenvalue weighted by atomic mass is 79.9. The van der Waals surface area contributed by atoms with E-state index in [4.69, 9.17) is 5.73 Å². The van der Waals surface area contributed by atoms with Crippen LogP contribution in [0.4, 0.5) is 0 Å². The minimum Gasteiger partial charge on any atom is -0.329 e. The summed E-state index contributed by atoms with van der Waals surface area (Å²) in [7, 11) is 2.23. The number of hydrogen-bond donors (Lipinski definition) is 1. The molecule has 1 unspecified atom stereocenters. The van der Waals surface area contributed by atoms with Crippen LogP contribution in [0, 0.1) is 0 Å². The van der Waals surface area contributed by atoms with E-state index in [2.05, 4.69) is 64.0 Å². The molecule has 1 aliphatic rings. The zero-order chi connectivity index (χ0) is 15.3. The van der Waals surface area contributed by atoms with Crippen molar-refractivity contribution in [2.45, 2.75) is 38.3 Å². The molecule has 2 rings (SSSR count). The van der Waals surface area contributed by atoms with Gasteiger partial charge in [-0.1, -0.05) is 41.1 Å². The zero-order valence-electron chi connectivity index (χ0n) is 13.3. The van der Waals surface area contributed by atoms with Crippen molar-refractivity contribution in [2.24, 2.45) is 5.73 Å². The largest absolute Gasteiger partial charge is 0.329 e. The number of hydrogen-bond acceptors (Lipinski definition) is 3. The lowest BCUT2D eigenvalue weighted by atomic mass is 9.88. The van der Waals surface area contributed by atoms with Crippen molar-refractivity contribution in [1.82, 2.24) is 9.80 Å². The molecule has 0 radical (unpaired) electrons. The number of nitrogens with two attached hydrogens (primary N) is 1. The molecule has 1 aromatic rings. The second kappa shape index (κ2) is 7.73. The van der Waals surface area contributed by atoms with Gasteiger partial charge in [-0.2, -0.15) is 0 Å². The molecular weight excluding hydrogens is 326 g/mol. The Hall–Kier alpha value is -0.420. The van der Waals surface area contributed by atoms with E-state index in [1.165, 1.54) is 29.4 Å². The van der Waals surface area contributed by atoms with E-state index in [1.807, 2.05) is 0 Å². The van der Waals surface area contributed by atoms with E-state index < -0.39 is 0 Å². The topological polar surface area (TPSA) is 32.5 Å². The predicted octanol–water partition coefficient (Wildman–Crippen LogP) is 3.08. The van der Waals surface area contributed by atoms with Gasteiger partial charge in [-0.3, -0.25) is 4.90 Å². The van der Waals surface area contributed by atoms with Crippen LogP contribution in [-0.2, 0) is 6.54 Å². The minimum absolute atomic E-state index is 0.138. The van der Waals surface area contributed by atoms with Crippen molar-refractivity contribution < 1.29 is 0 Å². The van der Waals surface area contributed by atoms with E-state index in [0.29, 0.717) is 0 Å². The van der Waals surface area contributed by atoms with Crippen LogP contribution in [0.25, 0.3) is 0 Å². The van der Waals surface area contributed by atoms with E-state index >= 15 is 0 Å². The van der Waals surface area contributed by atoms with Crippen LogP contribution in [0.15, 0.2) is 28.7 Å².